The predicted molar refractivity (Wildman–Crippen MR) is 56.3 cm³/mol. The number of benzene rings is 1. The lowest BCUT2D eigenvalue weighted by Crippen LogP contribution is -2.02. The summed E-state index contributed by atoms with van der Waals surface area (Å²) in [7, 11) is 2.66. The Kier molecular flexibility index (Phi) is 3.44. The molecule has 1 rings (SSSR count). The van der Waals surface area contributed by atoms with Crippen LogP contribution < -0.4 is 9.47 Å². The molecule has 1 aromatic carbocycles. The Labute approximate surface area is 91.9 Å². The van der Waals surface area contributed by atoms with Crippen LogP contribution in [0.2, 0.25) is 0 Å². The summed E-state index contributed by atoms with van der Waals surface area (Å²) in [5, 5.41) is 10.9. The fourth-order valence-electron chi connectivity index (χ4n) is 1.51. The third-order valence-electron chi connectivity index (χ3n) is 2.16. The zero-order valence-corrected chi connectivity index (χ0v) is 9.14. The molecule has 0 spiro atoms. The number of nitrogens with zero attached hydrogens (tertiary/aromatic N) is 1. The Balaban J connectivity index is 3.65. The number of aldehydes is 1. The maximum atomic E-state index is 10.9. The minimum Gasteiger partial charge on any atom is -0.495 e. The normalized spacial score (nSPS) is 9.69. The lowest BCUT2D eigenvalue weighted by atomic mass is 10.1. The van der Waals surface area contributed by atoms with Gasteiger partial charge in [0, 0.05) is 0 Å². The van der Waals surface area contributed by atoms with Crippen LogP contribution in [0.3, 0.4) is 0 Å². The molecule has 0 atom stereocenters. The third kappa shape index (κ3) is 1.81. The molecule has 6 nitrogen and oxygen atoms in total. The van der Waals surface area contributed by atoms with Gasteiger partial charge >= 0.3 is 5.69 Å². The summed E-state index contributed by atoms with van der Waals surface area (Å²) in [6.07, 6.45) is 0.395. The highest BCUT2D eigenvalue weighted by Crippen LogP contribution is 2.38. The van der Waals surface area contributed by atoms with Gasteiger partial charge in [-0.25, -0.2) is 0 Å². The second-order valence-electron chi connectivity index (χ2n) is 3.07. The standard InChI is InChI=1S/C10H11NO5/c1-6-4-8(15-2)9(11(13)14)7(5-12)10(6)16-3/h4-5H,1-3H3. The molecule has 0 heterocycles. The van der Waals surface area contributed by atoms with Gasteiger partial charge in [0.25, 0.3) is 0 Å². The molecule has 0 N–H and O–H groups in total. The number of hydrogen-bond donors (Lipinski definition) is 0. The molecule has 6 heteroatoms. The lowest BCUT2D eigenvalue weighted by Gasteiger charge is -2.10. The van der Waals surface area contributed by atoms with Crippen LogP contribution in [0.15, 0.2) is 6.07 Å². The fraction of sp³-hybridized carbons (Fsp3) is 0.300. The maximum Gasteiger partial charge on any atom is 0.325 e. The van der Waals surface area contributed by atoms with Crippen LogP contribution in [0.1, 0.15) is 15.9 Å². The predicted octanol–water partition coefficient (Wildman–Crippen LogP) is 1.73. The van der Waals surface area contributed by atoms with E-state index in [1.165, 1.54) is 20.3 Å². The minimum absolute atomic E-state index is 0.0467. The van der Waals surface area contributed by atoms with Crippen molar-refractivity contribution >= 4 is 12.0 Å². The van der Waals surface area contributed by atoms with E-state index in [4.69, 9.17) is 9.47 Å². The van der Waals surface area contributed by atoms with E-state index in [0.29, 0.717) is 11.8 Å². The molecule has 86 valence electrons. The zero-order chi connectivity index (χ0) is 12.3. The van der Waals surface area contributed by atoms with Gasteiger partial charge in [-0.3, -0.25) is 14.9 Å². The van der Waals surface area contributed by atoms with Crippen molar-refractivity contribution in [1.82, 2.24) is 0 Å². The Morgan fingerprint density at radius 1 is 1.38 bits per heavy atom. The van der Waals surface area contributed by atoms with Gasteiger partial charge in [0.2, 0.25) is 0 Å². The molecule has 0 aromatic heterocycles. The molecule has 0 unspecified atom stereocenters. The monoisotopic (exact) mass is 225 g/mol. The number of aryl methyl sites for hydroxylation is 1. The number of carbonyl (C=O) groups excluding carboxylic acids is 1. The van der Waals surface area contributed by atoms with E-state index < -0.39 is 4.92 Å². The molecule has 0 fully saturated rings. The first-order chi connectivity index (χ1) is 7.56. The van der Waals surface area contributed by atoms with Crippen molar-refractivity contribution in [1.29, 1.82) is 0 Å². The molecule has 0 saturated carbocycles. The van der Waals surface area contributed by atoms with Crippen LogP contribution in [0.4, 0.5) is 5.69 Å². The quantitative estimate of drug-likeness (QED) is 0.443. The van der Waals surface area contributed by atoms with Crippen LogP contribution in [0.25, 0.3) is 0 Å². The molecule has 0 aliphatic rings. The molecule has 0 radical (unpaired) electrons. The summed E-state index contributed by atoms with van der Waals surface area (Å²) < 4.78 is 9.84. The zero-order valence-electron chi connectivity index (χ0n) is 9.14. The molecule has 1 aromatic rings. The molecule has 0 bridgehead atoms. The molecular weight excluding hydrogens is 214 g/mol. The van der Waals surface area contributed by atoms with Gasteiger partial charge in [-0.15, -0.1) is 0 Å². The molecule has 0 aliphatic heterocycles. The van der Waals surface area contributed by atoms with E-state index >= 15 is 0 Å². The van der Waals surface area contributed by atoms with Gasteiger partial charge in [0.1, 0.15) is 11.3 Å². The number of hydrogen-bond acceptors (Lipinski definition) is 5. The highest BCUT2D eigenvalue weighted by Gasteiger charge is 2.26. The first-order valence-electron chi connectivity index (χ1n) is 4.42. The van der Waals surface area contributed by atoms with Gasteiger partial charge in [0.15, 0.2) is 12.0 Å². The summed E-state index contributed by atoms with van der Waals surface area (Å²) in [6, 6.07) is 1.46. The van der Waals surface area contributed by atoms with E-state index in [1.54, 1.807) is 6.92 Å². The number of nitro benzene ring substituents is 1. The molecule has 0 saturated heterocycles. The third-order valence-corrected chi connectivity index (χ3v) is 2.16. The summed E-state index contributed by atoms with van der Waals surface area (Å²) in [4.78, 5) is 21.1. The van der Waals surface area contributed by atoms with Crippen LogP contribution >= 0.6 is 0 Å². The lowest BCUT2D eigenvalue weighted by molar-refractivity contribution is -0.386. The van der Waals surface area contributed by atoms with Crippen molar-refractivity contribution in [2.75, 3.05) is 14.2 Å². The van der Waals surface area contributed by atoms with E-state index in [-0.39, 0.29) is 22.7 Å². The Morgan fingerprint density at radius 2 is 2.00 bits per heavy atom. The second-order valence-corrected chi connectivity index (χ2v) is 3.07. The van der Waals surface area contributed by atoms with E-state index in [1.807, 2.05) is 0 Å². The molecule has 0 aliphatic carbocycles. The van der Waals surface area contributed by atoms with Crippen LogP contribution in [-0.2, 0) is 0 Å². The average Bonchev–Trinajstić information content (AvgIpc) is 2.26. The van der Waals surface area contributed by atoms with Gasteiger partial charge < -0.3 is 9.47 Å². The highest BCUT2D eigenvalue weighted by molar-refractivity contribution is 5.88. The van der Waals surface area contributed by atoms with Crippen LogP contribution in [-0.4, -0.2) is 25.4 Å². The number of methoxy groups -OCH3 is 2. The van der Waals surface area contributed by atoms with Gasteiger partial charge in [-0.2, -0.15) is 0 Å². The Hall–Kier alpha value is -2.11. The molecule has 16 heavy (non-hydrogen) atoms. The number of ether oxygens (including phenoxy) is 2. The van der Waals surface area contributed by atoms with Gasteiger partial charge in [-0.1, -0.05) is 0 Å². The number of nitro groups is 1. The van der Waals surface area contributed by atoms with Crippen LogP contribution in [0.5, 0.6) is 11.5 Å². The first kappa shape index (κ1) is 12.0. The molecular formula is C10H11NO5. The summed E-state index contributed by atoms with van der Waals surface area (Å²) >= 11 is 0. The minimum atomic E-state index is -0.662. The fourth-order valence-corrected chi connectivity index (χ4v) is 1.51. The van der Waals surface area contributed by atoms with Crippen molar-refractivity contribution in [2.45, 2.75) is 6.92 Å². The second kappa shape index (κ2) is 4.61. The number of carbonyl (C=O) groups is 1. The highest BCUT2D eigenvalue weighted by atomic mass is 16.6. The van der Waals surface area contributed by atoms with E-state index in [0.717, 1.165) is 0 Å². The Bertz CT molecular complexity index is 441. The van der Waals surface area contributed by atoms with Crippen molar-refractivity contribution < 1.29 is 19.2 Å². The number of rotatable bonds is 4. The molecule has 0 amide bonds. The maximum absolute atomic E-state index is 10.9. The van der Waals surface area contributed by atoms with Gasteiger partial charge in [-0.05, 0) is 18.6 Å². The summed E-state index contributed by atoms with van der Waals surface area (Å²) in [6.45, 7) is 1.68. The summed E-state index contributed by atoms with van der Waals surface area (Å²) in [5.74, 6) is 0.243. The van der Waals surface area contributed by atoms with E-state index in [2.05, 4.69) is 0 Å². The smallest absolute Gasteiger partial charge is 0.325 e. The van der Waals surface area contributed by atoms with Gasteiger partial charge in [0.05, 0.1) is 19.1 Å². The topological polar surface area (TPSA) is 78.7 Å². The van der Waals surface area contributed by atoms with Crippen molar-refractivity contribution in [2.24, 2.45) is 0 Å². The average molecular weight is 225 g/mol. The summed E-state index contributed by atoms with van der Waals surface area (Å²) in [5.41, 5.74) is 0.122. The van der Waals surface area contributed by atoms with E-state index in [9.17, 15) is 14.9 Å². The van der Waals surface area contributed by atoms with Crippen molar-refractivity contribution in [3.63, 3.8) is 0 Å². The SMILES string of the molecule is COc1cc(C)c(OC)c(C=O)c1[N+](=O)[O-]. The van der Waals surface area contributed by atoms with Crippen molar-refractivity contribution in [3.8, 4) is 11.5 Å². The largest absolute Gasteiger partial charge is 0.495 e. The Morgan fingerprint density at radius 3 is 2.38 bits per heavy atom. The van der Waals surface area contributed by atoms with Crippen molar-refractivity contribution in [3.05, 3.63) is 27.3 Å². The first-order valence-corrected chi connectivity index (χ1v) is 4.42. The van der Waals surface area contributed by atoms with Crippen LogP contribution in [0, 0.1) is 17.0 Å².